The van der Waals surface area contributed by atoms with Gasteiger partial charge in [-0.25, -0.2) is 4.98 Å². The fourth-order valence-corrected chi connectivity index (χ4v) is 10.3. The predicted octanol–water partition coefficient (Wildman–Crippen LogP) is 2.37. The zero-order valence-corrected chi connectivity index (χ0v) is 46.0. The molecule has 2 aromatic carbocycles. The number of terminal acetylenes is 2. The van der Waals surface area contributed by atoms with Gasteiger partial charge in [0.15, 0.2) is 0 Å². The highest BCUT2D eigenvalue weighted by Crippen LogP contribution is 2.32. The Morgan fingerprint density at radius 2 is 0.974 bits per heavy atom. The van der Waals surface area contributed by atoms with Gasteiger partial charge in [-0.05, 0) is 114 Å². The average Bonchev–Trinajstić information content (AvgIpc) is 4.04. The number of carbonyl (C=O) groups excluding carboxylic acids is 8. The monoisotopic (exact) mass is 1120 g/mol. The number of amides is 8. The number of halogens is 3. The summed E-state index contributed by atoms with van der Waals surface area (Å²) in [6, 6.07) is 12.3. The molecule has 414 valence electrons. The van der Waals surface area contributed by atoms with Gasteiger partial charge in [-0.1, -0.05) is 54.6 Å². The minimum atomic E-state index is -1.15. The van der Waals surface area contributed by atoms with Crippen molar-refractivity contribution < 1.29 is 38.4 Å². The highest BCUT2D eigenvalue weighted by molar-refractivity contribution is 5.98. The lowest BCUT2D eigenvalue weighted by atomic mass is 9.87. The third kappa shape index (κ3) is 15.3. The van der Waals surface area contributed by atoms with Crippen LogP contribution in [0.15, 0.2) is 66.7 Å². The summed E-state index contributed by atoms with van der Waals surface area (Å²) in [7, 11) is 3.21. The SMILES string of the molecule is C#CC[C@H](NC(=O)[C@H](C)NC)C(=O)N1C[C@@H](NC(=O)c2cccc(C(=O)N[C@H]3C[C@@H](C(=O)N[C@@H]4CCCc5ccccc54)N(C(=O)[C@H](CC#C)NC(=O)[C@H](C)NC)C3)n2)C[C@H]1C(=O)N[C@@H]1CCCc2ccccc21.Cl.Cl.Cl. The van der Waals surface area contributed by atoms with Gasteiger partial charge in [0.25, 0.3) is 11.8 Å². The summed E-state index contributed by atoms with van der Waals surface area (Å²) in [6.45, 7) is 3.07. The van der Waals surface area contributed by atoms with Crippen molar-refractivity contribution in [1.29, 1.82) is 0 Å². The third-order valence-corrected chi connectivity index (χ3v) is 14.6. The standard InChI is InChI=1S/C55H67N11O8.3ClH/c1-7-16-44(63-48(67)32(3)56-5)54(73)65-30-36(28-46(65)52(71)61-40-24-13-20-34-18-9-11-22-38(34)40)58-50(69)42-26-15-27-43(60-42)51(70)59-37-29-47(53(72)62-41-25-14-21-35-19-10-12-23-39(35)41)66(31-37)55(74)45(17-8-2)64-49(68)33(4)57-6;;;/h1-2,9-12,15,18-19,22-23,26-27,32-33,36-37,40-41,44-47,56-57H,13-14,16-17,20-21,24-25,28-31H2,3-6H3,(H,58,69)(H,59,70)(H,61,71)(H,62,72)(H,63,67)(H,64,68);3*1H/t32-,33-,36-,37-,40+,41+,44-,45-,46-,47-;;;/m0.../s1. The van der Waals surface area contributed by atoms with Gasteiger partial charge in [0.1, 0.15) is 35.6 Å². The summed E-state index contributed by atoms with van der Waals surface area (Å²) in [6.07, 6.45) is 16.0. The first-order valence-corrected chi connectivity index (χ1v) is 25.4. The maximum atomic E-state index is 14.3. The van der Waals surface area contributed by atoms with Crippen LogP contribution >= 0.6 is 37.2 Å². The van der Waals surface area contributed by atoms with E-state index in [1.165, 1.54) is 28.0 Å². The maximum absolute atomic E-state index is 14.3. The van der Waals surface area contributed by atoms with Crippen LogP contribution in [-0.2, 0) is 41.6 Å². The summed E-state index contributed by atoms with van der Waals surface area (Å²) < 4.78 is 0. The molecule has 2 fully saturated rings. The Labute approximate surface area is 468 Å². The molecule has 0 spiro atoms. The molecular formula is C55H70Cl3N11O8. The molecule has 4 aliphatic rings. The molecule has 3 heterocycles. The number of aryl methyl sites for hydroxylation is 2. The van der Waals surface area contributed by atoms with Crippen molar-refractivity contribution >= 4 is 84.5 Å². The summed E-state index contributed by atoms with van der Waals surface area (Å²) in [4.78, 5) is 118. The molecule has 0 radical (unpaired) electrons. The van der Waals surface area contributed by atoms with Crippen LogP contribution in [0, 0.1) is 24.7 Å². The number of hydrogen-bond donors (Lipinski definition) is 8. The molecular weight excluding hydrogens is 1050 g/mol. The van der Waals surface area contributed by atoms with E-state index in [2.05, 4.69) is 59.4 Å². The van der Waals surface area contributed by atoms with Gasteiger partial charge in [-0.2, -0.15) is 0 Å². The molecule has 10 atom stereocenters. The van der Waals surface area contributed by atoms with E-state index in [9.17, 15) is 38.4 Å². The highest BCUT2D eigenvalue weighted by atomic mass is 35.5. The molecule has 7 rings (SSSR count). The second-order valence-electron chi connectivity index (χ2n) is 19.5. The number of nitrogens with one attached hydrogen (secondary N) is 8. The van der Waals surface area contributed by atoms with Gasteiger partial charge in [0.2, 0.25) is 35.4 Å². The van der Waals surface area contributed by atoms with Crippen LogP contribution in [0.1, 0.15) is 121 Å². The summed E-state index contributed by atoms with van der Waals surface area (Å²) >= 11 is 0. The van der Waals surface area contributed by atoms with Crippen LogP contribution < -0.4 is 42.5 Å². The van der Waals surface area contributed by atoms with Crippen molar-refractivity contribution in [2.45, 2.75) is 138 Å². The van der Waals surface area contributed by atoms with Crippen molar-refractivity contribution in [2.75, 3.05) is 27.2 Å². The smallest absolute Gasteiger partial charge is 0.270 e. The van der Waals surface area contributed by atoms with Crippen LogP contribution in [0.5, 0.6) is 0 Å². The topological polar surface area (TPSA) is 252 Å². The molecule has 0 saturated carbocycles. The van der Waals surface area contributed by atoms with Crippen LogP contribution in [-0.4, -0.2) is 138 Å². The van der Waals surface area contributed by atoms with E-state index in [1.807, 2.05) is 48.5 Å². The minimum absolute atomic E-state index is 0. The minimum Gasteiger partial charge on any atom is -0.347 e. The molecule has 2 aliphatic heterocycles. The first kappa shape index (κ1) is 62.8. The summed E-state index contributed by atoms with van der Waals surface area (Å²) in [5.74, 6) is 0.639. The molecule has 77 heavy (non-hydrogen) atoms. The van der Waals surface area contributed by atoms with Gasteiger partial charge < -0.3 is 52.3 Å². The fourth-order valence-electron chi connectivity index (χ4n) is 10.3. The number of fused-ring (bicyclic) bond motifs is 2. The van der Waals surface area contributed by atoms with E-state index in [-0.39, 0.29) is 99.5 Å². The Morgan fingerprint density at radius 3 is 1.35 bits per heavy atom. The summed E-state index contributed by atoms with van der Waals surface area (Å²) in [5.41, 5.74) is 4.01. The molecule has 2 saturated heterocycles. The first-order valence-electron chi connectivity index (χ1n) is 25.4. The average molecular weight is 1120 g/mol. The van der Waals surface area contributed by atoms with Crippen molar-refractivity contribution in [3.05, 3.63) is 100 Å². The molecule has 0 bridgehead atoms. The zero-order valence-electron chi connectivity index (χ0n) is 43.6. The Kier molecular flexibility index (Phi) is 23.8. The van der Waals surface area contributed by atoms with Crippen LogP contribution in [0.3, 0.4) is 0 Å². The van der Waals surface area contributed by atoms with Crippen LogP contribution in [0.4, 0.5) is 0 Å². The highest BCUT2D eigenvalue weighted by Gasteiger charge is 2.45. The molecule has 1 aromatic heterocycles. The molecule has 0 unspecified atom stereocenters. The van der Waals surface area contributed by atoms with E-state index >= 15 is 0 Å². The molecule has 2 aliphatic carbocycles. The quantitative estimate of drug-likeness (QED) is 0.0859. The number of pyridine rings is 1. The molecule has 19 nitrogen and oxygen atoms in total. The second-order valence-corrected chi connectivity index (χ2v) is 19.5. The normalized spacial score (nSPS) is 21.5. The number of nitrogens with zero attached hydrogens (tertiary/aromatic N) is 3. The summed E-state index contributed by atoms with van der Waals surface area (Å²) in [5, 5.41) is 23.2. The lowest BCUT2D eigenvalue weighted by molar-refractivity contribution is -0.141. The van der Waals surface area contributed by atoms with Crippen LogP contribution in [0.25, 0.3) is 0 Å². The van der Waals surface area contributed by atoms with Gasteiger partial charge in [-0.15, -0.1) is 61.9 Å². The van der Waals surface area contributed by atoms with E-state index in [4.69, 9.17) is 12.8 Å². The van der Waals surface area contributed by atoms with Crippen molar-refractivity contribution in [2.24, 2.45) is 0 Å². The largest absolute Gasteiger partial charge is 0.347 e. The molecule has 8 N–H and O–H groups in total. The maximum Gasteiger partial charge on any atom is 0.270 e. The number of likely N-dealkylation sites (tertiary alicyclic amines) is 2. The second kappa shape index (κ2) is 29.1. The Balaban J connectivity index is 0.00000427. The predicted molar refractivity (Wildman–Crippen MR) is 297 cm³/mol. The Bertz CT molecular complexity index is 2540. The van der Waals surface area contributed by atoms with Crippen molar-refractivity contribution in [1.82, 2.24) is 57.3 Å². The number of benzene rings is 2. The van der Waals surface area contributed by atoms with E-state index in [1.54, 1.807) is 27.9 Å². The fraction of sp³-hybridized carbons (Fsp3) is 0.473. The lowest BCUT2D eigenvalue weighted by Crippen LogP contribution is -2.55. The number of hydrogen-bond acceptors (Lipinski definition) is 11. The van der Waals surface area contributed by atoms with Gasteiger partial charge in [-0.3, -0.25) is 38.4 Å². The van der Waals surface area contributed by atoms with Gasteiger partial charge in [0, 0.05) is 38.0 Å². The van der Waals surface area contributed by atoms with Gasteiger partial charge >= 0.3 is 0 Å². The Hall–Kier alpha value is -6.74. The number of carbonyl (C=O) groups is 8. The van der Waals surface area contributed by atoms with E-state index in [0.717, 1.165) is 47.9 Å². The number of likely N-dealkylation sites (N-methyl/N-ethyl adjacent to an activating group) is 2. The van der Waals surface area contributed by atoms with Crippen molar-refractivity contribution in [3.8, 4) is 24.7 Å². The third-order valence-electron chi connectivity index (χ3n) is 14.6. The number of aromatic nitrogens is 1. The Morgan fingerprint density at radius 1 is 0.584 bits per heavy atom. The molecule has 8 amide bonds. The van der Waals surface area contributed by atoms with Crippen LogP contribution in [0.2, 0.25) is 0 Å². The molecule has 3 aromatic rings. The van der Waals surface area contributed by atoms with Crippen molar-refractivity contribution in [3.63, 3.8) is 0 Å². The zero-order chi connectivity index (χ0) is 53.1. The van der Waals surface area contributed by atoms with E-state index < -0.39 is 95.6 Å². The van der Waals surface area contributed by atoms with Gasteiger partial charge in [0.05, 0.1) is 24.2 Å². The lowest BCUT2D eigenvalue weighted by Gasteiger charge is -2.31. The first-order chi connectivity index (χ1) is 35.6. The number of rotatable bonds is 18. The van der Waals surface area contributed by atoms with E-state index in [0.29, 0.717) is 12.8 Å². The molecule has 22 heteroatoms.